The molecule has 18 heavy (non-hydrogen) atoms. The Bertz CT molecular complexity index is 429. The molecule has 2 N–H and O–H groups in total. The quantitative estimate of drug-likeness (QED) is 0.646. The largest absolute Gasteiger partial charge is 0.449 e. The highest BCUT2D eigenvalue weighted by Crippen LogP contribution is 2.20. The number of hydrogen-bond acceptors (Lipinski definition) is 4. The second kappa shape index (κ2) is 7.54. The molecule has 0 spiro atoms. The van der Waals surface area contributed by atoms with E-state index in [-0.39, 0.29) is 18.2 Å². The summed E-state index contributed by atoms with van der Waals surface area (Å²) in [4.78, 5) is 22.6. The molecule has 0 aliphatic carbocycles. The van der Waals surface area contributed by atoms with E-state index in [0.29, 0.717) is 4.90 Å². The number of amides is 2. The Labute approximate surface area is 108 Å². The molecule has 7 heteroatoms. The van der Waals surface area contributed by atoms with Crippen LogP contribution in [-0.2, 0) is 9.53 Å². The van der Waals surface area contributed by atoms with Gasteiger partial charge in [-0.25, -0.2) is 14.6 Å². The van der Waals surface area contributed by atoms with Crippen LogP contribution in [0.4, 0.5) is 9.18 Å². The molecular weight excluding hydrogens is 259 g/mol. The van der Waals surface area contributed by atoms with Gasteiger partial charge in [0.15, 0.2) is 0 Å². The lowest BCUT2D eigenvalue weighted by atomic mass is 10.3. The zero-order valence-corrected chi connectivity index (χ0v) is 10.6. The lowest BCUT2D eigenvalue weighted by Gasteiger charge is -2.07. The Morgan fingerprint density at radius 1 is 1.33 bits per heavy atom. The van der Waals surface area contributed by atoms with Crippen LogP contribution in [0.25, 0.3) is 0 Å². The van der Waals surface area contributed by atoms with Gasteiger partial charge in [0.2, 0.25) is 5.91 Å². The molecule has 98 valence electrons. The van der Waals surface area contributed by atoms with E-state index in [2.05, 4.69) is 15.6 Å². The first-order valence-electron chi connectivity index (χ1n) is 5.22. The Hall–Kier alpha value is -1.76. The molecule has 0 saturated heterocycles. The lowest BCUT2D eigenvalue weighted by Crippen LogP contribution is -2.42. The first-order valence-corrected chi connectivity index (χ1v) is 6.21. The van der Waals surface area contributed by atoms with Crippen LogP contribution in [0.2, 0.25) is 0 Å². The number of ether oxygens (including phenoxy) is 1. The van der Waals surface area contributed by atoms with Gasteiger partial charge in [-0.05, 0) is 19.1 Å². The third kappa shape index (κ3) is 5.05. The molecule has 0 bridgehead atoms. The second-order valence-electron chi connectivity index (χ2n) is 3.11. The highest BCUT2D eigenvalue weighted by molar-refractivity contribution is 8.00. The molecule has 0 saturated carbocycles. The Kier molecular flexibility index (Phi) is 5.99. The monoisotopic (exact) mass is 272 g/mol. The molecule has 5 nitrogen and oxygen atoms in total. The maximum atomic E-state index is 13.2. The van der Waals surface area contributed by atoms with Crippen molar-refractivity contribution in [3.63, 3.8) is 0 Å². The predicted octanol–water partition coefficient (Wildman–Crippen LogP) is 1.70. The van der Waals surface area contributed by atoms with Crippen LogP contribution in [0, 0.1) is 5.82 Å². The molecule has 0 aromatic heterocycles. The van der Waals surface area contributed by atoms with Gasteiger partial charge in [0.05, 0.1) is 12.4 Å². The van der Waals surface area contributed by atoms with E-state index in [9.17, 15) is 14.0 Å². The number of halogens is 1. The minimum Gasteiger partial charge on any atom is -0.449 e. The van der Waals surface area contributed by atoms with Crippen LogP contribution in [0.3, 0.4) is 0 Å². The number of nitrogens with one attached hydrogen (secondary N) is 2. The van der Waals surface area contributed by atoms with Crippen molar-refractivity contribution in [3.8, 4) is 0 Å². The average molecular weight is 272 g/mol. The molecule has 1 rings (SSSR count). The Morgan fingerprint density at radius 2 is 2.06 bits per heavy atom. The van der Waals surface area contributed by atoms with E-state index in [1.54, 1.807) is 25.1 Å². The summed E-state index contributed by atoms with van der Waals surface area (Å²) in [6.45, 7) is 1.86. The summed E-state index contributed by atoms with van der Waals surface area (Å²) in [5.74, 6) is -0.835. The van der Waals surface area contributed by atoms with E-state index in [0.717, 1.165) is 11.8 Å². The third-order valence-electron chi connectivity index (χ3n) is 1.77. The summed E-state index contributed by atoms with van der Waals surface area (Å²) in [5.41, 5.74) is 4.22. The van der Waals surface area contributed by atoms with Crippen LogP contribution in [0.1, 0.15) is 6.92 Å². The molecule has 0 radical (unpaired) electrons. The van der Waals surface area contributed by atoms with Crippen molar-refractivity contribution >= 4 is 23.8 Å². The molecule has 2 amide bonds. The molecule has 0 unspecified atom stereocenters. The molecule has 0 fully saturated rings. The summed E-state index contributed by atoms with van der Waals surface area (Å²) >= 11 is 1.04. The molecular formula is C11H13FN2O3S. The average Bonchev–Trinajstić information content (AvgIpc) is 2.36. The third-order valence-corrected chi connectivity index (χ3v) is 2.82. The topological polar surface area (TPSA) is 67.4 Å². The zero-order valence-electron chi connectivity index (χ0n) is 9.73. The molecule has 1 aromatic carbocycles. The number of carbonyl (C=O) groups excluding carboxylic acids is 2. The first-order chi connectivity index (χ1) is 8.63. The van der Waals surface area contributed by atoms with Crippen molar-refractivity contribution in [1.82, 2.24) is 10.9 Å². The summed E-state index contributed by atoms with van der Waals surface area (Å²) in [5, 5.41) is 0. The van der Waals surface area contributed by atoms with Crippen molar-refractivity contribution in [2.45, 2.75) is 11.8 Å². The van der Waals surface area contributed by atoms with Crippen molar-refractivity contribution in [3.05, 3.63) is 30.1 Å². The summed E-state index contributed by atoms with van der Waals surface area (Å²) in [6.07, 6.45) is -0.734. The van der Waals surface area contributed by atoms with Gasteiger partial charge in [-0.15, -0.1) is 11.8 Å². The maximum Gasteiger partial charge on any atom is 0.426 e. The fourth-order valence-corrected chi connectivity index (χ4v) is 1.77. The van der Waals surface area contributed by atoms with Crippen LogP contribution in [-0.4, -0.2) is 24.4 Å². The van der Waals surface area contributed by atoms with E-state index >= 15 is 0 Å². The molecule has 0 aliphatic rings. The van der Waals surface area contributed by atoms with Crippen molar-refractivity contribution in [2.75, 3.05) is 12.4 Å². The Morgan fingerprint density at radius 3 is 2.72 bits per heavy atom. The van der Waals surface area contributed by atoms with E-state index in [1.807, 2.05) is 0 Å². The number of thioether (sulfide) groups is 1. The van der Waals surface area contributed by atoms with Crippen LogP contribution in [0.15, 0.2) is 29.2 Å². The van der Waals surface area contributed by atoms with Crippen LogP contribution >= 0.6 is 11.8 Å². The van der Waals surface area contributed by atoms with Gasteiger partial charge in [-0.2, -0.15) is 0 Å². The molecule has 0 heterocycles. The van der Waals surface area contributed by atoms with Gasteiger partial charge in [0, 0.05) is 4.90 Å². The van der Waals surface area contributed by atoms with E-state index in [4.69, 9.17) is 0 Å². The van der Waals surface area contributed by atoms with Crippen molar-refractivity contribution < 1.29 is 18.7 Å². The zero-order chi connectivity index (χ0) is 13.4. The minimum absolute atomic E-state index is 0.00661. The number of benzene rings is 1. The number of carbonyl (C=O) groups is 2. The van der Waals surface area contributed by atoms with Gasteiger partial charge < -0.3 is 4.74 Å². The smallest absolute Gasteiger partial charge is 0.426 e. The standard InChI is InChI=1S/C11H13FN2O3S/c1-2-17-11(16)14-13-10(15)7-18-9-6-4-3-5-8(9)12/h3-6H,2,7H2,1H3,(H,13,15)(H,14,16). The van der Waals surface area contributed by atoms with Crippen LogP contribution in [0.5, 0.6) is 0 Å². The highest BCUT2D eigenvalue weighted by Gasteiger charge is 2.07. The van der Waals surface area contributed by atoms with Crippen LogP contribution < -0.4 is 10.9 Å². The number of rotatable bonds is 4. The predicted molar refractivity (Wildman–Crippen MR) is 65.4 cm³/mol. The fraction of sp³-hybridized carbons (Fsp3) is 0.273. The number of hydrogen-bond donors (Lipinski definition) is 2. The van der Waals surface area contributed by atoms with Gasteiger partial charge >= 0.3 is 6.09 Å². The van der Waals surface area contributed by atoms with Crippen molar-refractivity contribution in [1.29, 1.82) is 0 Å². The second-order valence-corrected chi connectivity index (χ2v) is 4.13. The SMILES string of the molecule is CCOC(=O)NNC(=O)CSc1ccccc1F. The van der Waals surface area contributed by atoms with Gasteiger partial charge in [-0.1, -0.05) is 12.1 Å². The van der Waals surface area contributed by atoms with E-state index in [1.165, 1.54) is 6.07 Å². The minimum atomic E-state index is -0.734. The summed E-state index contributed by atoms with van der Waals surface area (Å²) in [7, 11) is 0. The van der Waals surface area contributed by atoms with Gasteiger partial charge in [-0.3, -0.25) is 10.2 Å². The number of hydrazine groups is 1. The van der Waals surface area contributed by atoms with Gasteiger partial charge in [0.1, 0.15) is 5.82 Å². The summed E-state index contributed by atoms with van der Waals surface area (Å²) in [6, 6.07) is 6.14. The van der Waals surface area contributed by atoms with Gasteiger partial charge in [0.25, 0.3) is 0 Å². The molecule has 0 aliphatic heterocycles. The lowest BCUT2D eigenvalue weighted by molar-refractivity contribution is -0.119. The highest BCUT2D eigenvalue weighted by atomic mass is 32.2. The summed E-state index contributed by atoms with van der Waals surface area (Å²) < 4.78 is 17.8. The van der Waals surface area contributed by atoms with Crippen molar-refractivity contribution in [2.24, 2.45) is 0 Å². The molecule has 1 aromatic rings. The molecule has 0 atom stereocenters. The normalized spacial score (nSPS) is 9.67. The van der Waals surface area contributed by atoms with E-state index < -0.39 is 12.0 Å². The first kappa shape index (κ1) is 14.3. The fourth-order valence-electron chi connectivity index (χ4n) is 1.03. The maximum absolute atomic E-state index is 13.2. The Balaban J connectivity index is 2.29.